The van der Waals surface area contributed by atoms with E-state index in [0.29, 0.717) is 0 Å². The van der Waals surface area contributed by atoms with Crippen LogP contribution in [0.4, 0.5) is 17.6 Å². The minimum atomic E-state index is -2.86. The minimum absolute atomic E-state index is 0.304. The van der Waals surface area contributed by atoms with E-state index in [-0.39, 0.29) is 4.47 Å². The molecule has 0 unspecified atom stereocenters. The van der Waals surface area contributed by atoms with Gasteiger partial charge >= 0.3 is 0 Å². The highest BCUT2D eigenvalue weighted by molar-refractivity contribution is 9.10. The quantitative estimate of drug-likeness (QED) is 0.766. The Bertz CT molecular complexity index is 349. The maximum atomic E-state index is 12.6. The van der Waals surface area contributed by atoms with Gasteiger partial charge in [-0.15, -0.1) is 0 Å². The highest BCUT2D eigenvalue weighted by Crippen LogP contribution is 2.36. The van der Waals surface area contributed by atoms with Crippen molar-refractivity contribution in [3.05, 3.63) is 15.9 Å². The van der Waals surface area contributed by atoms with E-state index in [4.69, 9.17) is 0 Å². The fourth-order valence-electron chi connectivity index (χ4n) is 1.17. The van der Waals surface area contributed by atoms with E-state index in [2.05, 4.69) is 21.0 Å². The summed E-state index contributed by atoms with van der Waals surface area (Å²) in [6, 6.07) is -0.391. The average molecular weight is 289 g/mol. The molecule has 1 rings (SSSR count). The molecule has 1 aromatic rings. The maximum Gasteiger partial charge on any atom is 0.283 e. The molecule has 1 heterocycles. The van der Waals surface area contributed by atoms with Crippen molar-refractivity contribution in [3.8, 4) is 0 Å². The van der Waals surface area contributed by atoms with Gasteiger partial charge in [0.15, 0.2) is 0 Å². The third-order valence-corrected chi connectivity index (χ3v) is 2.63. The van der Waals surface area contributed by atoms with Gasteiger partial charge in [-0.05, 0) is 29.8 Å². The van der Waals surface area contributed by atoms with Crippen LogP contribution in [0, 0.1) is 0 Å². The van der Waals surface area contributed by atoms with E-state index >= 15 is 0 Å². The lowest BCUT2D eigenvalue weighted by atomic mass is 10.3. The molecule has 0 saturated carbocycles. The first-order valence-corrected chi connectivity index (χ1v) is 4.99. The standard InChI is InChI=1S/C8H9BrF4N2/c1-3(2)15-6(8(12)13)4(9)5(14-15)7(10)11/h3,7-8H,1-2H3. The molecule has 0 aromatic carbocycles. The van der Waals surface area contributed by atoms with Crippen LogP contribution in [0.1, 0.15) is 44.1 Å². The first-order chi connectivity index (χ1) is 6.86. The molecule has 0 atom stereocenters. The number of hydrogen-bond acceptors (Lipinski definition) is 1. The summed E-state index contributed by atoms with van der Waals surface area (Å²) in [4.78, 5) is 0. The Morgan fingerprint density at radius 1 is 1.13 bits per heavy atom. The molecule has 0 radical (unpaired) electrons. The van der Waals surface area contributed by atoms with Gasteiger partial charge in [-0.1, -0.05) is 0 Å². The monoisotopic (exact) mass is 288 g/mol. The van der Waals surface area contributed by atoms with Crippen LogP contribution >= 0.6 is 15.9 Å². The molecule has 0 N–H and O–H groups in total. The molecule has 0 bridgehead atoms. The average Bonchev–Trinajstić information content (AvgIpc) is 2.42. The first-order valence-electron chi connectivity index (χ1n) is 4.20. The van der Waals surface area contributed by atoms with Crippen LogP contribution in [0.5, 0.6) is 0 Å². The highest BCUT2D eigenvalue weighted by Gasteiger charge is 2.28. The zero-order chi connectivity index (χ0) is 11.7. The Balaban J connectivity index is 3.33. The predicted molar refractivity (Wildman–Crippen MR) is 50.2 cm³/mol. The Labute approximate surface area is 92.4 Å². The largest absolute Gasteiger partial charge is 0.283 e. The molecule has 0 fully saturated rings. The summed E-state index contributed by atoms with van der Waals surface area (Å²) >= 11 is 2.73. The topological polar surface area (TPSA) is 17.8 Å². The zero-order valence-electron chi connectivity index (χ0n) is 8.02. The van der Waals surface area contributed by atoms with E-state index < -0.39 is 30.3 Å². The molecule has 0 amide bonds. The molecule has 0 aliphatic heterocycles. The first kappa shape index (κ1) is 12.5. The van der Waals surface area contributed by atoms with Crippen molar-refractivity contribution >= 4 is 15.9 Å². The zero-order valence-corrected chi connectivity index (χ0v) is 9.60. The van der Waals surface area contributed by atoms with Gasteiger partial charge in [0.2, 0.25) is 0 Å². The van der Waals surface area contributed by atoms with Crippen molar-refractivity contribution in [2.75, 3.05) is 0 Å². The lowest BCUT2D eigenvalue weighted by Crippen LogP contribution is -2.08. The van der Waals surface area contributed by atoms with Gasteiger partial charge in [0, 0.05) is 6.04 Å². The lowest BCUT2D eigenvalue weighted by molar-refractivity contribution is 0.136. The van der Waals surface area contributed by atoms with Gasteiger partial charge in [0.1, 0.15) is 11.4 Å². The van der Waals surface area contributed by atoms with Crippen LogP contribution in [-0.4, -0.2) is 9.78 Å². The van der Waals surface area contributed by atoms with Gasteiger partial charge in [0.25, 0.3) is 12.9 Å². The summed E-state index contributed by atoms with van der Waals surface area (Å²) in [5.74, 6) is 0. The Hall–Kier alpha value is -0.590. The van der Waals surface area contributed by atoms with E-state index in [1.54, 1.807) is 13.8 Å². The summed E-state index contributed by atoms with van der Waals surface area (Å²) in [6.45, 7) is 3.20. The number of aromatic nitrogens is 2. The second-order valence-electron chi connectivity index (χ2n) is 3.22. The third kappa shape index (κ3) is 2.32. The molecular weight excluding hydrogens is 280 g/mol. The molecule has 0 aliphatic rings. The molecule has 1 aromatic heterocycles. The molecule has 86 valence electrons. The summed E-state index contributed by atoms with van der Waals surface area (Å²) in [7, 11) is 0. The van der Waals surface area contributed by atoms with Crippen LogP contribution in [0.25, 0.3) is 0 Å². The molecular formula is C8H9BrF4N2. The SMILES string of the molecule is CC(C)n1nc(C(F)F)c(Br)c1C(F)F. The molecule has 15 heavy (non-hydrogen) atoms. The van der Waals surface area contributed by atoms with Crippen molar-refractivity contribution in [1.29, 1.82) is 0 Å². The summed E-state index contributed by atoms with van der Waals surface area (Å²) in [5.41, 5.74) is -1.14. The summed E-state index contributed by atoms with van der Waals surface area (Å²) < 4.78 is 50.6. The Kier molecular flexibility index (Phi) is 3.75. The normalized spacial score (nSPS) is 12.1. The number of alkyl halides is 4. The van der Waals surface area contributed by atoms with Gasteiger partial charge in [-0.3, -0.25) is 4.68 Å². The Morgan fingerprint density at radius 3 is 1.93 bits per heavy atom. The van der Waals surface area contributed by atoms with Crippen molar-refractivity contribution < 1.29 is 17.6 Å². The second-order valence-corrected chi connectivity index (χ2v) is 4.02. The smallest absolute Gasteiger partial charge is 0.260 e. The van der Waals surface area contributed by atoms with Gasteiger partial charge in [0.05, 0.1) is 4.47 Å². The summed E-state index contributed by atoms with van der Waals surface area (Å²) in [6.07, 6.45) is -5.70. The highest BCUT2D eigenvalue weighted by atomic mass is 79.9. The molecule has 0 saturated heterocycles. The van der Waals surface area contributed by atoms with Crippen LogP contribution in [0.3, 0.4) is 0 Å². The molecule has 0 aliphatic carbocycles. The molecule has 0 spiro atoms. The fraction of sp³-hybridized carbons (Fsp3) is 0.625. The third-order valence-electron chi connectivity index (χ3n) is 1.81. The van der Waals surface area contributed by atoms with E-state index in [0.717, 1.165) is 4.68 Å². The Morgan fingerprint density at radius 2 is 1.67 bits per heavy atom. The van der Waals surface area contributed by atoms with Gasteiger partial charge < -0.3 is 0 Å². The van der Waals surface area contributed by atoms with Crippen molar-refractivity contribution in [2.45, 2.75) is 32.7 Å². The van der Waals surface area contributed by atoms with Crippen LogP contribution in [-0.2, 0) is 0 Å². The number of hydrogen-bond donors (Lipinski definition) is 0. The number of nitrogens with zero attached hydrogens (tertiary/aromatic N) is 2. The predicted octanol–water partition coefficient (Wildman–Crippen LogP) is 4.10. The number of rotatable bonds is 3. The summed E-state index contributed by atoms with van der Waals surface area (Å²) in [5, 5.41) is 3.47. The molecule has 2 nitrogen and oxygen atoms in total. The van der Waals surface area contributed by atoms with Crippen molar-refractivity contribution in [1.82, 2.24) is 9.78 Å². The second kappa shape index (κ2) is 4.51. The van der Waals surface area contributed by atoms with E-state index in [9.17, 15) is 17.6 Å². The number of halogens is 5. The van der Waals surface area contributed by atoms with E-state index in [1.807, 2.05) is 0 Å². The lowest BCUT2D eigenvalue weighted by Gasteiger charge is -2.09. The van der Waals surface area contributed by atoms with Crippen molar-refractivity contribution in [3.63, 3.8) is 0 Å². The van der Waals surface area contributed by atoms with Crippen LogP contribution in [0.2, 0.25) is 0 Å². The fourth-order valence-corrected chi connectivity index (χ4v) is 1.78. The van der Waals surface area contributed by atoms with Gasteiger partial charge in [-0.2, -0.15) is 5.10 Å². The van der Waals surface area contributed by atoms with E-state index in [1.165, 1.54) is 0 Å². The van der Waals surface area contributed by atoms with Crippen LogP contribution < -0.4 is 0 Å². The van der Waals surface area contributed by atoms with Crippen LogP contribution in [0.15, 0.2) is 4.47 Å². The maximum absolute atomic E-state index is 12.6. The minimum Gasteiger partial charge on any atom is -0.260 e. The van der Waals surface area contributed by atoms with Crippen molar-refractivity contribution in [2.24, 2.45) is 0 Å². The molecule has 7 heteroatoms. The van der Waals surface area contributed by atoms with Gasteiger partial charge in [-0.25, -0.2) is 17.6 Å².